The molecule has 1 aromatic carbocycles. The van der Waals surface area contributed by atoms with Crippen LogP contribution in [0.5, 0.6) is 0 Å². The van der Waals surface area contributed by atoms with Gasteiger partial charge >= 0.3 is 0 Å². The maximum absolute atomic E-state index is 13.0. The molecule has 0 radical (unpaired) electrons. The summed E-state index contributed by atoms with van der Waals surface area (Å²) >= 11 is 0. The van der Waals surface area contributed by atoms with E-state index in [-0.39, 0.29) is 5.56 Å². The quantitative estimate of drug-likeness (QED) is 0.554. The van der Waals surface area contributed by atoms with Gasteiger partial charge < -0.3 is 0 Å². The number of hydrogen-bond acceptors (Lipinski definition) is 4. The molecule has 3 aromatic rings. The van der Waals surface area contributed by atoms with Crippen LogP contribution >= 0.6 is 0 Å². The zero-order valence-corrected chi connectivity index (χ0v) is 17.1. The summed E-state index contributed by atoms with van der Waals surface area (Å²) in [4.78, 5) is 24.5. The minimum Gasteiger partial charge on any atom is -0.293 e. The highest BCUT2D eigenvalue weighted by atomic mass is 16.1. The Balaban J connectivity index is 0.000000994. The van der Waals surface area contributed by atoms with E-state index in [0.717, 1.165) is 42.2 Å². The number of fused-ring (bicyclic) bond motifs is 3. The van der Waals surface area contributed by atoms with Crippen molar-refractivity contribution in [1.82, 2.24) is 19.4 Å². The van der Waals surface area contributed by atoms with Crippen molar-refractivity contribution in [3.8, 4) is 11.8 Å². The van der Waals surface area contributed by atoms with Gasteiger partial charge in [-0.05, 0) is 55.6 Å². The summed E-state index contributed by atoms with van der Waals surface area (Å²) in [6.07, 6.45) is 5.39. The molecule has 1 fully saturated rings. The molecule has 0 spiro atoms. The summed E-state index contributed by atoms with van der Waals surface area (Å²) in [5.74, 6) is 7.06. The molecule has 1 saturated heterocycles. The molecule has 0 amide bonds. The van der Waals surface area contributed by atoms with Gasteiger partial charge in [0, 0.05) is 24.3 Å². The summed E-state index contributed by atoms with van der Waals surface area (Å²) in [6, 6.07) is 11.8. The van der Waals surface area contributed by atoms with Crippen LogP contribution in [0.15, 0.2) is 47.4 Å². The third kappa shape index (κ3) is 3.94. The van der Waals surface area contributed by atoms with E-state index in [1.165, 1.54) is 19.3 Å². The summed E-state index contributed by atoms with van der Waals surface area (Å²) in [7, 11) is 0. The maximum Gasteiger partial charge on any atom is 0.261 e. The molecule has 0 aliphatic carbocycles. The Hall–Kier alpha value is -2.97. The Morgan fingerprint density at radius 2 is 2.00 bits per heavy atom. The Labute approximate surface area is 171 Å². The van der Waals surface area contributed by atoms with E-state index < -0.39 is 0 Å². The molecule has 0 N–H and O–H groups in total. The van der Waals surface area contributed by atoms with Gasteiger partial charge in [-0.3, -0.25) is 14.3 Å². The fourth-order valence-electron chi connectivity index (χ4n) is 4.09. The molecule has 29 heavy (non-hydrogen) atoms. The molecule has 2 aliphatic heterocycles. The van der Waals surface area contributed by atoms with Crippen LogP contribution in [0.2, 0.25) is 0 Å². The molecule has 4 heterocycles. The molecular weight excluding hydrogens is 360 g/mol. The minimum atomic E-state index is 0.0736. The summed E-state index contributed by atoms with van der Waals surface area (Å²) < 4.78 is 1.88. The largest absolute Gasteiger partial charge is 0.293 e. The van der Waals surface area contributed by atoms with Crippen LogP contribution < -0.4 is 5.56 Å². The first kappa shape index (κ1) is 19.4. The van der Waals surface area contributed by atoms with Crippen molar-refractivity contribution in [3.05, 3.63) is 70.0 Å². The Morgan fingerprint density at radius 1 is 1.10 bits per heavy atom. The average molecular weight is 386 g/mol. The topological polar surface area (TPSA) is 51.0 Å². The highest BCUT2D eigenvalue weighted by Gasteiger charge is 2.29. The van der Waals surface area contributed by atoms with Gasteiger partial charge in [-0.15, -0.1) is 0 Å². The molecule has 148 valence electrons. The van der Waals surface area contributed by atoms with Gasteiger partial charge in [-0.1, -0.05) is 32.3 Å². The smallest absolute Gasteiger partial charge is 0.261 e. The van der Waals surface area contributed by atoms with Crippen molar-refractivity contribution < 1.29 is 0 Å². The van der Waals surface area contributed by atoms with E-state index >= 15 is 0 Å². The predicted molar refractivity (Wildman–Crippen MR) is 116 cm³/mol. The highest BCUT2D eigenvalue weighted by molar-refractivity contribution is 5.79. The molecule has 1 unspecified atom stereocenters. The van der Waals surface area contributed by atoms with Crippen LogP contribution in [-0.2, 0) is 13.1 Å². The van der Waals surface area contributed by atoms with Crippen molar-refractivity contribution in [1.29, 1.82) is 0 Å². The number of aromatic nitrogens is 3. The minimum absolute atomic E-state index is 0.0736. The number of rotatable bonds is 0. The van der Waals surface area contributed by atoms with E-state index in [0.29, 0.717) is 11.4 Å². The number of benzene rings is 1. The zero-order chi connectivity index (χ0) is 20.2. The summed E-state index contributed by atoms with van der Waals surface area (Å²) in [5.41, 5.74) is 2.38. The maximum atomic E-state index is 13.0. The number of pyridine rings is 1. The zero-order valence-electron chi connectivity index (χ0n) is 17.1. The van der Waals surface area contributed by atoms with Gasteiger partial charge in [0.2, 0.25) is 0 Å². The predicted octanol–water partition coefficient (Wildman–Crippen LogP) is 3.59. The molecule has 0 bridgehead atoms. The van der Waals surface area contributed by atoms with Crippen LogP contribution in [0.25, 0.3) is 10.9 Å². The summed E-state index contributed by atoms with van der Waals surface area (Å²) in [5, 5.41) is 0.673. The molecule has 1 atom stereocenters. The number of hydrogen-bond donors (Lipinski definition) is 0. The van der Waals surface area contributed by atoms with E-state index in [2.05, 4.69) is 21.7 Å². The Kier molecular flexibility index (Phi) is 5.73. The SMILES string of the molecule is CC.O=c1c2ccc(C#Cc3ccccn3)cc2nc2n1CC1CCCCN1C2. The fourth-order valence-corrected chi connectivity index (χ4v) is 4.09. The van der Waals surface area contributed by atoms with Crippen molar-refractivity contribution >= 4 is 10.9 Å². The monoisotopic (exact) mass is 386 g/mol. The van der Waals surface area contributed by atoms with Crippen molar-refractivity contribution in [2.45, 2.75) is 52.2 Å². The van der Waals surface area contributed by atoms with Crippen molar-refractivity contribution in [2.24, 2.45) is 0 Å². The van der Waals surface area contributed by atoms with Crippen LogP contribution in [-0.4, -0.2) is 32.0 Å². The first-order valence-electron chi connectivity index (χ1n) is 10.5. The van der Waals surface area contributed by atoms with Gasteiger partial charge in [0.15, 0.2) is 0 Å². The van der Waals surface area contributed by atoms with Gasteiger partial charge in [0.05, 0.1) is 17.4 Å². The lowest BCUT2D eigenvalue weighted by Gasteiger charge is -2.40. The molecule has 5 nitrogen and oxygen atoms in total. The van der Waals surface area contributed by atoms with Crippen molar-refractivity contribution in [2.75, 3.05) is 6.54 Å². The summed E-state index contributed by atoms with van der Waals surface area (Å²) in [6.45, 7) is 6.63. The third-order valence-corrected chi connectivity index (χ3v) is 5.52. The number of piperidine rings is 1. The highest BCUT2D eigenvalue weighted by Crippen LogP contribution is 2.25. The van der Waals surface area contributed by atoms with Gasteiger partial charge in [0.25, 0.3) is 5.56 Å². The molecule has 5 rings (SSSR count). The Bertz CT molecular complexity index is 1120. The lowest BCUT2D eigenvalue weighted by Crippen LogP contribution is -2.49. The second kappa shape index (κ2) is 8.59. The van der Waals surface area contributed by atoms with E-state index in [1.807, 2.05) is 54.8 Å². The molecular formula is C24H26N4O. The first-order valence-corrected chi connectivity index (χ1v) is 10.5. The first-order chi connectivity index (χ1) is 14.3. The Morgan fingerprint density at radius 3 is 2.83 bits per heavy atom. The van der Waals surface area contributed by atoms with Crippen LogP contribution in [0.3, 0.4) is 0 Å². The second-order valence-electron chi connectivity index (χ2n) is 7.26. The molecule has 0 saturated carbocycles. The molecule has 2 aliphatic rings. The number of nitrogens with zero attached hydrogens (tertiary/aromatic N) is 4. The lowest BCUT2D eigenvalue weighted by molar-refractivity contribution is 0.0952. The third-order valence-electron chi connectivity index (χ3n) is 5.52. The average Bonchev–Trinajstić information content (AvgIpc) is 2.79. The normalized spacial score (nSPS) is 17.9. The second-order valence-corrected chi connectivity index (χ2v) is 7.26. The van der Waals surface area contributed by atoms with Gasteiger partial charge in [0.1, 0.15) is 11.5 Å². The van der Waals surface area contributed by atoms with Crippen molar-refractivity contribution in [3.63, 3.8) is 0 Å². The molecule has 5 heteroatoms. The van der Waals surface area contributed by atoms with E-state index in [1.54, 1.807) is 6.20 Å². The van der Waals surface area contributed by atoms with Crippen LogP contribution in [0.1, 0.15) is 50.2 Å². The van der Waals surface area contributed by atoms with Crippen LogP contribution in [0, 0.1) is 11.8 Å². The fraction of sp³-hybridized carbons (Fsp3) is 0.375. The molecule has 2 aromatic heterocycles. The lowest BCUT2D eigenvalue weighted by atomic mass is 10.00. The van der Waals surface area contributed by atoms with Crippen LogP contribution in [0.4, 0.5) is 0 Å². The van der Waals surface area contributed by atoms with E-state index in [9.17, 15) is 4.79 Å². The van der Waals surface area contributed by atoms with Gasteiger partial charge in [-0.2, -0.15) is 0 Å². The standard InChI is InChI=1S/C22H20N4O.C2H6/c27-22-19-10-8-16(7-9-17-5-1-3-11-23-17)13-20(19)24-21-15-25-12-4-2-6-18(25)14-26(21)22;1-2/h1,3,5,8,10-11,13,18H,2,4,6,12,14-15H2;1-2H3. The van der Waals surface area contributed by atoms with E-state index in [4.69, 9.17) is 4.98 Å². The van der Waals surface area contributed by atoms with Gasteiger partial charge in [-0.25, -0.2) is 9.97 Å².